The minimum Gasteiger partial charge on any atom is -0.350 e. The van der Waals surface area contributed by atoms with E-state index in [9.17, 15) is 13.2 Å². The van der Waals surface area contributed by atoms with Crippen LogP contribution in [0.2, 0.25) is 0 Å². The van der Waals surface area contributed by atoms with E-state index in [0.717, 1.165) is 11.4 Å². The molecule has 2 heterocycles. The molecule has 0 spiro atoms. The van der Waals surface area contributed by atoms with E-state index in [0.29, 0.717) is 23.8 Å². The molecule has 132 valence electrons. The number of hydrogen-bond donors (Lipinski definition) is 2. The van der Waals surface area contributed by atoms with Gasteiger partial charge in [0.25, 0.3) is 0 Å². The molecular formula is C17H20N4O3S. The molecule has 0 radical (unpaired) electrons. The summed E-state index contributed by atoms with van der Waals surface area (Å²) in [5, 5.41) is 6.27. The van der Waals surface area contributed by atoms with Crippen LogP contribution in [0, 0.1) is 6.92 Å². The molecule has 2 N–H and O–H groups in total. The van der Waals surface area contributed by atoms with Crippen LogP contribution in [0.4, 0.5) is 17.5 Å². The van der Waals surface area contributed by atoms with Crippen LogP contribution in [0.25, 0.3) is 0 Å². The number of hydrogen-bond acceptors (Lipinski definition) is 7. The highest BCUT2D eigenvalue weighted by Crippen LogP contribution is 2.20. The van der Waals surface area contributed by atoms with E-state index in [1.807, 2.05) is 19.1 Å². The Morgan fingerprint density at radius 3 is 2.52 bits per heavy atom. The second-order valence-corrected chi connectivity index (χ2v) is 8.45. The van der Waals surface area contributed by atoms with E-state index in [1.54, 1.807) is 18.2 Å². The number of benzene rings is 1. The molecule has 0 saturated carbocycles. The van der Waals surface area contributed by atoms with Crippen LogP contribution in [0.5, 0.6) is 0 Å². The second kappa shape index (κ2) is 6.79. The number of carbonyl (C=O) groups is 1. The van der Waals surface area contributed by atoms with Crippen LogP contribution < -0.4 is 10.6 Å². The van der Waals surface area contributed by atoms with Crippen molar-refractivity contribution in [1.29, 1.82) is 0 Å². The van der Waals surface area contributed by atoms with Crippen molar-refractivity contribution < 1.29 is 13.2 Å². The largest absolute Gasteiger partial charge is 0.350 e. The van der Waals surface area contributed by atoms with Gasteiger partial charge in [-0.05, 0) is 44.5 Å². The molecule has 1 saturated heterocycles. The van der Waals surface area contributed by atoms with Gasteiger partial charge in [-0.25, -0.2) is 13.4 Å². The topological polar surface area (TPSA) is 101 Å². The summed E-state index contributed by atoms with van der Waals surface area (Å²) in [7, 11) is -2.96. The summed E-state index contributed by atoms with van der Waals surface area (Å²) in [6, 6.07) is 8.77. The van der Waals surface area contributed by atoms with Gasteiger partial charge in [-0.3, -0.25) is 4.79 Å². The van der Waals surface area contributed by atoms with Gasteiger partial charge < -0.3 is 10.6 Å². The zero-order valence-corrected chi connectivity index (χ0v) is 14.9. The number of sulfone groups is 1. The van der Waals surface area contributed by atoms with Gasteiger partial charge in [-0.15, -0.1) is 0 Å². The summed E-state index contributed by atoms with van der Waals surface area (Å²) >= 11 is 0. The van der Waals surface area contributed by atoms with E-state index < -0.39 is 9.84 Å². The number of aryl methyl sites for hydroxylation is 1. The highest BCUT2D eigenvalue weighted by atomic mass is 32.2. The molecule has 1 aliphatic heterocycles. The Labute approximate surface area is 146 Å². The molecule has 0 bridgehead atoms. The quantitative estimate of drug-likeness (QED) is 0.789. The summed E-state index contributed by atoms with van der Waals surface area (Å²) in [6.45, 7) is 3.37. The third kappa shape index (κ3) is 4.54. The van der Waals surface area contributed by atoms with Crippen LogP contribution in [0.3, 0.4) is 0 Å². The maximum absolute atomic E-state index is 11.6. The number of nitrogens with one attached hydrogen (secondary N) is 2. The van der Waals surface area contributed by atoms with Crippen LogP contribution >= 0.6 is 0 Å². The van der Waals surface area contributed by atoms with E-state index in [4.69, 9.17) is 0 Å². The molecule has 7 nitrogen and oxygen atoms in total. The van der Waals surface area contributed by atoms with Gasteiger partial charge in [-0.1, -0.05) is 0 Å². The van der Waals surface area contributed by atoms with Gasteiger partial charge in [0.05, 0.1) is 11.5 Å². The minimum absolute atomic E-state index is 0.0161. The van der Waals surface area contributed by atoms with Gasteiger partial charge in [0, 0.05) is 29.1 Å². The monoisotopic (exact) mass is 360 g/mol. The van der Waals surface area contributed by atoms with Crippen molar-refractivity contribution in [1.82, 2.24) is 9.97 Å². The molecule has 8 heteroatoms. The molecule has 1 atom stereocenters. The summed E-state index contributed by atoms with van der Waals surface area (Å²) in [6.07, 6.45) is 0.564. The van der Waals surface area contributed by atoms with Crippen LogP contribution in [-0.4, -0.2) is 41.7 Å². The van der Waals surface area contributed by atoms with E-state index >= 15 is 0 Å². The van der Waals surface area contributed by atoms with Crippen molar-refractivity contribution in [3.63, 3.8) is 0 Å². The summed E-state index contributed by atoms with van der Waals surface area (Å²) in [4.78, 5) is 20.0. The smallest absolute Gasteiger partial charge is 0.225 e. The van der Waals surface area contributed by atoms with E-state index in [1.165, 1.54) is 6.92 Å². The van der Waals surface area contributed by atoms with Crippen LogP contribution in [-0.2, 0) is 9.84 Å². The maximum Gasteiger partial charge on any atom is 0.225 e. The molecule has 0 aliphatic carbocycles. The van der Waals surface area contributed by atoms with Crippen molar-refractivity contribution in [3.8, 4) is 0 Å². The summed E-state index contributed by atoms with van der Waals surface area (Å²) in [5.74, 6) is 1.34. The normalized spacial score (nSPS) is 18.7. The van der Waals surface area contributed by atoms with Crippen LogP contribution in [0.1, 0.15) is 29.4 Å². The lowest BCUT2D eigenvalue weighted by Gasteiger charge is -2.13. The molecule has 1 unspecified atom stereocenters. The number of Topliss-reactive ketones (excluding diaryl/α,β-unsaturated/α-hetero) is 1. The molecule has 1 aromatic heterocycles. The molecule has 25 heavy (non-hydrogen) atoms. The third-order valence-corrected chi connectivity index (χ3v) is 5.75. The first-order chi connectivity index (χ1) is 11.8. The zero-order valence-electron chi connectivity index (χ0n) is 14.1. The van der Waals surface area contributed by atoms with Gasteiger partial charge in [0.2, 0.25) is 5.95 Å². The zero-order chi connectivity index (χ0) is 18.0. The van der Waals surface area contributed by atoms with Gasteiger partial charge in [0.1, 0.15) is 5.82 Å². The average molecular weight is 360 g/mol. The Hall–Kier alpha value is -2.48. The van der Waals surface area contributed by atoms with Gasteiger partial charge >= 0.3 is 0 Å². The molecule has 1 aliphatic rings. The second-order valence-electron chi connectivity index (χ2n) is 6.22. The number of nitrogens with zero attached hydrogens (tertiary/aromatic N) is 2. The molecule has 2 aromatic rings. The number of ketones is 1. The fourth-order valence-electron chi connectivity index (χ4n) is 2.72. The molecule has 1 aromatic carbocycles. The fourth-order valence-corrected chi connectivity index (χ4v) is 4.40. The summed E-state index contributed by atoms with van der Waals surface area (Å²) < 4.78 is 23.1. The average Bonchev–Trinajstić information content (AvgIpc) is 2.86. The lowest BCUT2D eigenvalue weighted by Crippen LogP contribution is -2.22. The van der Waals surface area contributed by atoms with Gasteiger partial charge in [0.15, 0.2) is 15.6 Å². The predicted molar refractivity (Wildman–Crippen MR) is 97.2 cm³/mol. The Balaban J connectivity index is 1.74. The Morgan fingerprint density at radius 1 is 1.20 bits per heavy atom. The van der Waals surface area contributed by atoms with Gasteiger partial charge in [-0.2, -0.15) is 4.98 Å². The number of carbonyl (C=O) groups excluding carboxylic acids is 1. The first kappa shape index (κ1) is 17.3. The minimum atomic E-state index is -2.96. The highest BCUT2D eigenvalue weighted by Gasteiger charge is 2.28. The molecular weight excluding hydrogens is 340 g/mol. The van der Waals surface area contributed by atoms with E-state index in [-0.39, 0.29) is 23.3 Å². The van der Waals surface area contributed by atoms with Crippen molar-refractivity contribution in [2.45, 2.75) is 26.3 Å². The first-order valence-electron chi connectivity index (χ1n) is 8.01. The van der Waals surface area contributed by atoms with Crippen molar-refractivity contribution in [2.24, 2.45) is 0 Å². The highest BCUT2D eigenvalue weighted by molar-refractivity contribution is 7.91. The Morgan fingerprint density at radius 2 is 1.92 bits per heavy atom. The van der Waals surface area contributed by atoms with Crippen molar-refractivity contribution in [2.75, 3.05) is 22.1 Å². The summed E-state index contributed by atoms with van der Waals surface area (Å²) in [5.41, 5.74) is 2.22. The van der Waals surface area contributed by atoms with Crippen molar-refractivity contribution in [3.05, 3.63) is 41.6 Å². The van der Waals surface area contributed by atoms with Crippen molar-refractivity contribution >= 4 is 33.1 Å². The maximum atomic E-state index is 11.6. The number of anilines is 3. The lowest BCUT2D eigenvalue weighted by molar-refractivity contribution is 0.101. The standard InChI is InChI=1S/C17H20N4O3S/c1-11-9-16(19-14-5-3-13(4-6-14)12(2)22)21-17(18-11)20-15-7-8-25(23,24)10-15/h3-6,9,15H,7-8,10H2,1-2H3,(H2,18,19,20,21). The Kier molecular flexibility index (Phi) is 4.71. The third-order valence-electron chi connectivity index (χ3n) is 3.98. The number of rotatable bonds is 5. The molecule has 3 rings (SSSR count). The SMILES string of the molecule is CC(=O)c1ccc(Nc2cc(C)nc(NC3CCS(=O)(=O)C3)n2)cc1. The number of aromatic nitrogens is 2. The molecule has 1 fully saturated rings. The predicted octanol–water partition coefficient (Wildman–Crippen LogP) is 2.33. The lowest BCUT2D eigenvalue weighted by atomic mass is 10.1. The fraction of sp³-hybridized carbons (Fsp3) is 0.353. The van der Waals surface area contributed by atoms with E-state index in [2.05, 4.69) is 20.6 Å². The van der Waals surface area contributed by atoms with Crippen LogP contribution in [0.15, 0.2) is 30.3 Å². The Bertz CT molecular complexity index is 895. The molecule has 0 amide bonds. The first-order valence-corrected chi connectivity index (χ1v) is 9.83.